The summed E-state index contributed by atoms with van der Waals surface area (Å²) >= 11 is 1.98. The minimum atomic E-state index is 0.562. The Balaban J connectivity index is 2.22. The topological polar surface area (TPSA) is 12.0 Å². The first kappa shape index (κ1) is 10.1. The maximum Gasteiger partial charge on any atom is 0.0341 e. The van der Waals surface area contributed by atoms with E-state index in [-0.39, 0.29) is 0 Å². The summed E-state index contributed by atoms with van der Waals surface area (Å²) in [7, 11) is 0. The van der Waals surface area contributed by atoms with Crippen LogP contribution in [-0.2, 0) is 0 Å². The quantitative estimate of drug-likeness (QED) is 0.799. The molecule has 0 amide bonds. The molecular weight excluding hydrogens is 190 g/mol. The highest BCUT2D eigenvalue weighted by Gasteiger charge is 2.19. The number of rotatable bonds is 2. The molecule has 0 saturated carbocycles. The Morgan fingerprint density at radius 2 is 2.14 bits per heavy atom. The maximum atomic E-state index is 3.62. The van der Waals surface area contributed by atoms with Gasteiger partial charge < -0.3 is 5.32 Å². The minimum Gasteiger partial charge on any atom is -0.308 e. The molecule has 0 spiro atoms. The van der Waals surface area contributed by atoms with Crippen molar-refractivity contribution in [2.45, 2.75) is 37.2 Å². The van der Waals surface area contributed by atoms with Crippen LogP contribution >= 0.6 is 11.8 Å². The van der Waals surface area contributed by atoms with Gasteiger partial charge in [0.25, 0.3) is 0 Å². The Morgan fingerprint density at radius 1 is 1.36 bits per heavy atom. The van der Waals surface area contributed by atoms with Gasteiger partial charge in [0, 0.05) is 17.0 Å². The summed E-state index contributed by atoms with van der Waals surface area (Å²) in [4.78, 5) is 1.46. The van der Waals surface area contributed by atoms with Crippen LogP contribution in [0.15, 0.2) is 29.2 Å². The van der Waals surface area contributed by atoms with Crippen molar-refractivity contribution in [1.82, 2.24) is 5.32 Å². The van der Waals surface area contributed by atoms with E-state index < -0.39 is 0 Å². The monoisotopic (exact) mass is 207 g/mol. The highest BCUT2D eigenvalue weighted by molar-refractivity contribution is 7.99. The zero-order valence-corrected chi connectivity index (χ0v) is 9.60. The number of benzene rings is 1. The fraction of sp³-hybridized carbons (Fsp3) is 0.500. The van der Waals surface area contributed by atoms with E-state index in [1.165, 1.54) is 22.6 Å². The second-order valence-corrected chi connectivity index (χ2v) is 5.19. The average Bonchev–Trinajstić information content (AvgIpc) is 2.18. The van der Waals surface area contributed by atoms with E-state index in [1.54, 1.807) is 0 Å². The SMILES string of the molecule is CC(C)NC1CCSc2ccccc21. The predicted octanol–water partition coefficient (Wildman–Crippen LogP) is 3.22. The van der Waals surface area contributed by atoms with Gasteiger partial charge in [0.05, 0.1) is 0 Å². The molecule has 0 aromatic heterocycles. The van der Waals surface area contributed by atoms with Crippen molar-refractivity contribution in [3.63, 3.8) is 0 Å². The van der Waals surface area contributed by atoms with Crippen molar-refractivity contribution in [2.24, 2.45) is 0 Å². The van der Waals surface area contributed by atoms with Gasteiger partial charge >= 0.3 is 0 Å². The molecule has 0 radical (unpaired) electrons. The Hall–Kier alpha value is -0.470. The van der Waals surface area contributed by atoms with Crippen molar-refractivity contribution in [3.8, 4) is 0 Å². The molecule has 0 aliphatic carbocycles. The lowest BCUT2D eigenvalue weighted by atomic mass is 10.0. The molecule has 1 N–H and O–H groups in total. The molecule has 76 valence electrons. The van der Waals surface area contributed by atoms with Crippen LogP contribution in [0, 0.1) is 0 Å². The third-order valence-corrected chi connectivity index (χ3v) is 3.62. The van der Waals surface area contributed by atoms with Gasteiger partial charge in [-0.3, -0.25) is 0 Å². The standard InChI is InChI=1S/C12H17NS/c1-9(2)13-11-7-8-14-12-6-4-3-5-10(11)12/h3-6,9,11,13H,7-8H2,1-2H3. The van der Waals surface area contributed by atoms with Crippen molar-refractivity contribution < 1.29 is 0 Å². The van der Waals surface area contributed by atoms with Crippen LogP contribution in [0.3, 0.4) is 0 Å². The Labute approximate surface area is 90.3 Å². The van der Waals surface area contributed by atoms with Crippen LogP contribution < -0.4 is 5.32 Å². The first-order chi connectivity index (χ1) is 6.77. The summed E-state index contributed by atoms with van der Waals surface area (Å²) < 4.78 is 0. The molecule has 1 aliphatic rings. The normalized spacial score (nSPS) is 20.9. The van der Waals surface area contributed by atoms with Crippen LogP contribution in [0.25, 0.3) is 0 Å². The Morgan fingerprint density at radius 3 is 2.93 bits per heavy atom. The van der Waals surface area contributed by atoms with Crippen LogP contribution in [0.1, 0.15) is 31.9 Å². The van der Waals surface area contributed by atoms with Crippen LogP contribution in [0.5, 0.6) is 0 Å². The van der Waals surface area contributed by atoms with Crippen LogP contribution in [0.4, 0.5) is 0 Å². The summed E-state index contributed by atoms with van der Waals surface area (Å²) in [5, 5.41) is 3.62. The molecule has 0 bridgehead atoms. The maximum absolute atomic E-state index is 3.62. The summed E-state index contributed by atoms with van der Waals surface area (Å²) in [5.41, 5.74) is 1.48. The predicted molar refractivity (Wildman–Crippen MR) is 62.8 cm³/mol. The number of hydrogen-bond donors (Lipinski definition) is 1. The van der Waals surface area contributed by atoms with Crippen LogP contribution in [-0.4, -0.2) is 11.8 Å². The number of nitrogens with one attached hydrogen (secondary N) is 1. The van der Waals surface area contributed by atoms with E-state index in [4.69, 9.17) is 0 Å². The molecule has 0 saturated heterocycles. The lowest BCUT2D eigenvalue weighted by Crippen LogP contribution is -2.30. The van der Waals surface area contributed by atoms with Gasteiger partial charge in [-0.1, -0.05) is 32.0 Å². The van der Waals surface area contributed by atoms with E-state index in [0.717, 1.165) is 0 Å². The molecule has 1 nitrogen and oxygen atoms in total. The van der Waals surface area contributed by atoms with Gasteiger partial charge in [-0.05, 0) is 23.8 Å². The van der Waals surface area contributed by atoms with Crippen molar-refractivity contribution in [2.75, 3.05) is 5.75 Å². The van der Waals surface area contributed by atoms with Gasteiger partial charge in [-0.2, -0.15) is 0 Å². The van der Waals surface area contributed by atoms with E-state index >= 15 is 0 Å². The van der Waals surface area contributed by atoms with Gasteiger partial charge in [0.2, 0.25) is 0 Å². The first-order valence-electron chi connectivity index (χ1n) is 5.25. The smallest absolute Gasteiger partial charge is 0.0341 e. The number of hydrogen-bond acceptors (Lipinski definition) is 2. The molecule has 1 aliphatic heterocycles. The van der Waals surface area contributed by atoms with E-state index in [1.807, 2.05) is 11.8 Å². The second-order valence-electron chi connectivity index (χ2n) is 4.05. The van der Waals surface area contributed by atoms with E-state index in [2.05, 4.69) is 43.4 Å². The lowest BCUT2D eigenvalue weighted by Gasteiger charge is -2.27. The van der Waals surface area contributed by atoms with Gasteiger partial charge in [-0.25, -0.2) is 0 Å². The molecule has 0 fully saturated rings. The average molecular weight is 207 g/mol. The largest absolute Gasteiger partial charge is 0.308 e. The molecule has 1 aromatic carbocycles. The Kier molecular flexibility index (Phi) is 3.14. The molecule has 2 heteroatoms. The molecular formula is C12H17NS. The fourth-order valence-electron chi connectivity index (χ4n) is 1.92. The third-order valence-electron chi connectivity index (χ3n) is 2.49. The highest BCUT2D eigenvalue weighted by Crippen LogP contribution is 2.35. The Bertz CT molecular complexity index is 309. The second kappa shape index (κ2) is 4.37. The molecule has 14 heavy (non-hydrogen) atoms. The van der Waals surface area contributed by atoms with Crippen LogP contribution in [0.2, 0.25) is 0 Å². The molecule has 2 rings (SSSR count). The first-order valence-corrected chi connectivity index (χ1v) is 6.23. The number of fused-ring (bicyclic) bond motifs is 1. The molecule has 1 heterocycles. The van der Waals surface area contributed by atoms with Gasteiger partial charge in [-0.15, -0.1) is 11.8 Å². The molecule has 1 atom stereocenters. The van der Waals surface area contributed by atoms with Crippen molar-refractivity contribution >= 4 is 11.8 Å². The minimum absolute atomic E-state index is 0.562. The van der Waals surface area contributed by atoms with E-state index in [0.29, 0.717) is 12.1 Å². The summed E-state index contributed by atoms with van der Waals surface area (Å²) in [6.45, 7) is 4.43. The highest BCUT2D eigenvalue weighted by atomic mass is 32.2. The number of thioether (sulfide) groups is 1. The summed E-state index contributed by atoms with van der Waals surface area (Å²) in [6, 6.07) is 9.88. The summed E-state index contributed by atoms with van der Waals surface area (Å²) in [6.07, 6.45) is 1.25. The van der Waals surface area contributed by atoms with E-state index in [9.17, 15) is 0 Å². The van der Waals surface area contributed by atoms with Gasteiger partial charge in [0.1, 0.15) is 0 Å². The van der Waals surface area contributed by atoms with Gasteiger partial charge in [0.15, 0.2) is 0 Å². The third kappa shape index (κ3) is 2.12. The lowest BCUT2D eigenvalue weighted by molar-refractivity contribution is 0.460. The summed E-state index contributed by atoms with van der Waals surface area (Å²) in [5.74, 6) is 1.24. The molecule has 1 aromatic rings. The zero-order valence-electron chi connectivity index (χ0n) is 8.79. The zero-order chi connectivity index (χ0) is 9.97. The fourth-order valence-corrected chi connectivity index (χ4v) is 3.04. The van der Waals surface area contributed by atoms with Crippen molar-refractivity contribution in [3.05, 3.63) is 29.8 Å². The van der Waals surface area contributed by atoms with Crippen molar-refractivity contribution in [1.29, 1.82) is 0 Å². The molecule has 1 unspecified atom stereocenters.